The lowest BCUT2D eigenvalue weighted by atomic mass is 9.91. The Labute approximate surface area is 144 Å². The molecule has 0 amide bonds. The summed E-state index contributed by atoms with van der Waals surface area (Å²) < 4.78 is 11.3. The van der Waals surface area contributed by atoms with Crippen molar-refractivity contribution in [3.63, 3.8) is 0 Å². The highest BCUT2D eigenvalue weighted by Gasteiger charge is 2.23. The highest BCUT2D eigenvalue weighted by atomic mass is 16.5. The number of nitrogens with two attached hydrogens (primary N) is 1. The maximum atomic E-state index is 10.4. The monoisotopic (exact) mass is 329 g/mol. The Morgan fingerprint density at radius 2 is 1.79 bits per heavy atom. The molecule has 4 heteroatoms. The van der Waals surface area contributed by atoms with Gasteiger partial charge in [0.15, 0.2) is 11.5 Å². The number of benzene rings is 2. The lowest BCUT2D eigenvalue weighted by molar-refractivity contribution is 0.0878. The molecule has 0 spiro atoms. The maximum Gasteiger partial charge on any atom is 0.161 e. The first-order valence-electron chi connectivity index (χ1n) is 8.35. The van der Waals surface area contributed by atoms with Crippen molar-refractivity contribution < 1.29 is 14.6 Å². The summed E-state index contributed by atoms with van der Waals surface area (Å²) in [5, 5.41) is 10.4. The number of hydrogen-bond donors (Lipinski definition) is 2. The van der Waals surface area contributed by atoms with Gasteiger partial charge in [-0.3, -0.25) is 0 Å². The van der Waals surface area contributed by atoms with Crippen LogP contribution < -0.4 is 15.2 Å². The molecule has 0 radical (unpaired) electrons. The number of aliphatic hydroxyl groups excluding tert-OH is 1. The van der Waals surface area contributed by atoms with Crippen LogP contribution in [-0.4, -0.2) is 18.3 Å². The first kappa shape index (κ1) is 18.3. The van der Waals surface area contributed by atoms with Gasteiger partial charge in [0.1, 0.15) is 6.61 Å². The van der Waals surface area contributed by atoms with Crippen LogP contribution in [0.1, 0.15) is 37.4 Å². The fraction of sp³-hybridized carbons (Fsp3) is 0.400. The van der Waals surface area contributed by atoms with E-state index in [1.54, 1.807) is 7.11 Å². The number of rotatable bonds is 8. The minimum absolute atomic E-state index is 0.135. The molecule has 0 aliphatic heterocycles. The van der Waals surface area contributed by atoms with Crippen molar-refractivity contribution >= 4 is 0 Å². The topological polar surface area (TPSA) is 64.7 Å². The smallest absolute Gasteiger partial charge is 0.161 e. The number of ether oxygens (including phenoxy) is 2. The number of aliphatic hydroxyl groups is 1. The molecule has 2 rings (SSSR count). The zero-order valence-corrected chi connectivity index (χ0v) is 14.6. The van der Waals surface area contributed by atoms with Gasteiger partial charge in [0.2, 0.25) is 0 Å². The largest absolute Gasteiger partial charge is 0.493 e. The molecule has 2 aromatic rings. The average molecular weight is 329 g/mol. The van der Waals surface area contributed by atoms with Crippen LogP contribution in [-0.2, 0) is 6.61 Å². The minimum atomic E-state index is -0.592. The third-order valence-corrected chi connectivity index (χ3v) is 4.40. The predicted octanol–water partition coefficient (Wildman–Crippen LogP) is 3.68. The van der Waals surface area contributed by atoms with Gasteiger partial charge < -0.3 is 20.3 Å². The van der Waals surface area contributed by atoms with Gasteiger partial charge in [-0.2, -0.15) is 0 Å². The third kappa shape index (κ3) is 4.49. The molecule has 3 N–H and O–H groups in total. The molecule has 0 saturated heterocycles. The molecule has 0 aromatic heterocycles. The molecule has 0 aliphatic carbocycles. The van der Waals surface area contributed by atoms with Gasteiger partial charge in [0.25, 0.3) is 0 Å². The highest BCUT2D eigenvalue weighted by molar-refractivity contribution is 5.44. The molecule has 2 aromatic carbocycles. The van der Waals surface area contributed by atoms with Gasteiger partial charge in [-0.15, -0.1) is 0 Å². The molecule has 0 fully saturated rings. The second kappa shape index (κ2) is 8.71. The first-order chi connectivity index (χ1) is 11.6. The number of hydrogen-bond acceptors (Lipinski definition) is 4. The molecule has 130 valence electrons. The van der Waals surface area contributed by atoms with Crippen LogP contribution in [0.2, 0.25) is 0 Å². The highest BCUT2D eigenvalue weighted by Crippen LogP contribution is 2.32. The van der Waals surface area contributed by atoms with E-state index in [0.717, 1.165) is 17.5 Å². The lowest BCUT2D eigenvalue weighted by Crippen LogP contribution is -2.31. The summed E-state index contributed by atoms with van der Waals surface area (Å²) in [6.45, 7) is 4.49. The van der Waals surface area contributed by atoms with Crippen LogP contribution in [0.4, 0.5) is 0 Å². The van der Waals surface area contributed by atoms with E-state index >= 15 is 0 Å². The summed E-state index contributed by atoms with van der Waals surface area (Å²) in [6, 6.07) is 15.1. The summed E-state index contributed by atoms with van der Waals surface area (Å²) >= 11 is 0. The maximum absolute atomic E-state index is 10.4. The molecule has 0 bridgehead atoms. The van der Waals surface area contributed by atoms with Gasteiger partial charge in [-0.1, -0.05) is 56.7 Å². The Hall–Kier alpha value is -2.04. The summed E-state index contributed by atoms with van der Waals surface area (Å²) in [6.07, 6.45) is 0.285. The van der Waals surface area contributed by atoms with Crippen molar-refractivity contribution in [2.75, 3.05) is 7.11 Å². The van der Waals surface area contributed by atoms with Crippen molar-refractivity contribution in [2.24, 2.45) is 11.7 Å². The van der Waals surface area contributed by atoms with E-state index in [1.165, 1.54) is 0 Å². The summed E-state index contributed by atoms with van der Waals surface area (Å²) in [4.78, 5) is 0. The summed E-state index contributed by atoms with van der Waals surface area (Å²) in [5.74, 6) is 1.42. The van der Waals surface area contributed by atoms with E-state index in [4.69, 9.17) is 15.2 Å². The van der Waals surface area contributed by atoms with Crippen molar-refractivity contribution in [1.29, 1.82) is 0 Å². The van der Waals surface area contributed by atoms with Crippen LogP contribution in [0.25, 0.3) is 0 Å². The summed E-state index contributed by atoms with van der Waals surface area (Å²) in [5.41, 5.74) is 8.15. The molecule has 4 nitrogen and oxygen atoms in total. The Morgan fingerprint density at radius 1 is 1.08 bits per heavy atom. The zero-order valence-electron chi connectivity index (χ0n) is 14.6. The normalized spacial score (nSPS) is 14.7. The van der Waals surface area contributed by atoms with E-state index in [0.29, 0.717) is 18.1 Å². The molecular weight excluding hydrogens is 302 g/mol. The molecular formula is C20H27NO3. The van der Waals surface area contributed by atoms with Gasteiger partial charge in [-0.25, -0.2) is 0 Å². The van der Waals surface area contributed by atoms with Crippen molar-refractivity contribution in [2.45, 2.75) is 39.0 Å². The van der Waals surface area contributed by atoms with Gasteiger partial charge in [0, 0.05) is 0 Å². The van der Waals surface area contributed by atoms with E-state index in [9.17, 15) is 5.11 Å². The molecule has 0 heterocycles. The van der Waals surface area contributed by atoms with Crippen LogP contribution in [0.5, 0.6) is 11.5 Å². The second-order valence-corrected chi connectivity index (χ2v) is 6.09. The van der Waals surface area contributed by atoms with E-state index < -0.39 is 12.1 Å². The molecule has 1 unspecified atom stereocenters. The molecule has 0 saturated carbocycles. The van der Waals surface area contributed by atoms with Crippen LogP contribution in [0, 0.1) is 5.92 Å². The van der Waals surface area contributed by atoms with Crippen LogP contribution >= 0.6 is 0 Å². The Kier molecular flexibility index (Phi) is 6.64. The quantitative estimate of drug-likeness (QED) is 0.775. The van der Waals surface area contributed by atoms with Gasteiger partial charge in [-0.05, 0) is 29.2 Å². The lowest BCUT2D eigenvalue weighted by Gasteiger charge is -2.25. The van der Waals surface area contributed by atoms with Crippen molar-refractivity contribution in [1.82, 2.24) is 0 Å². The van der Waals surface area contributed by atoms with Gasteiger partial charge in [0.05, 0.1) is 19.3 Å². The Morgan fingerprint density at radius 3 is 2.42 bits per heavy atom. The SMILES string of the molecule is CCC(C)[C@@H](O)[C@@H](N)c1ccc(OC)c(OCc2ccccc2)c1. The Bertz CT molecular complexity index is 630. The first-order valence-corrected chi connectivity index (χ1v) is 8.35. The van der Waals surface area contributed by atoms with E-state index in [1.807, 2.05) is 62.4 Å². The minimum Gasteiger partial charge on any atom is -0.493 e. The summed E-state index contributed by atoms with van der Waals surface area (Å²) in [7, 11) is 1.61. The standard InChI is InChI=1S/C20H27NO3/c1-4-14(2)20(22)19(21)16-10-11-17(23-3)18(12-16)24-13-15-8-6-5-7-9-15/h5-12,14,19-20,22H,4,13,21H2,1-3H3/t14?,19-,20+/m0/s1. The van der Waals surface area contributed by atoms with Crippen LogP contribution in [0.3, 0.4) is 0 Å². The van der Waals surface area contributed by atoms with E-state index in [-0.39, 0.29) is 5.92 Å². The van der Waals surface area contributed by atoms with Crippen molar-refractivity contribution in [3.8, 4) is 11.5 Å². The zero-order chi connectivity index (χ0) is 17.5. The average Bonchev–Trinajstić information content (AvgIpc) is 2.65. The van der Waals surface area contributed by atoms with E-state index in [2.05, 4.69) is 0 Å². The fourth-order valence-electron chi connectivity index (χ4n) is 2.54. The number of methoxy groups -OCH3 is 1. The Balaban J connectivity index is 2.17. The fourth-order valence-corrected chi connectivity index (χ4v) is 2.54. The molecule has 3 atom stereocenters. The molecule has 0 aliphatic rings. The van der Waals surface area contributed by atoms with Gasteiger partial charge >= 0.3 is 0 Å². The van der Waals surface area contributed by atoms with Crippen LogP contribution in [0.15, 0.2) is 48.5 Å². The third-order valence-electron chi connectivity index (χ3n) is 4.40. The van der Waals surface area contributed by atoms with Crippen molar-refractivity contribution in [3.05, 3.63) is 59.7 Å². The molecule has 24 heavy (non-hydrogen) atoms. The second-order valence-electron chi connectivity index (χ2n) is 6.09. The predicted molar refractivity (Wildman–Crippen MR) is 96.2 cm³/mol.